The maximum Gasteiger partial charge on any atom is 0.410 e. The third-order valence-corrected chi connectivity index (χ3v) is 5.01. The van der Waals surface area contributed by atoms with Crippen molar-refractivity contribution in [2.75, 3.05) is 37.7 Å². The Labute approximate surface area is 176 Å². The Morgan fingerprint density at radius 2 is 1.97 bits per heavy atom. The lowest BCUT2D eigenvalue weighted by Gasteiger charge is -2.35. The van der Waals surface area contributed by atoms with Gasteiger partial charge in [0.1, 0.15) is 11.6 Å². The van der Waals surface area contributed by atoms with E-state index in [-0.39, 0.29) is 12.2 Å². The summed E-state index contributed by atoms with van der Waals surface area (Å²) in [6, 6.07) is 9.92. The highest BCUT2D eigenvalue weighted by Crippen LogP contribution is 2.28. The van der Waals surface area contributed by atoms with Gasteiger partial charge in [0.2, 0.25) is 0 Å². The maximum absolute atomic E-state index is 12.1. The zero-order valence-electron chi connectivity index (χ0n) is 17.6. The Kier molecular flexibility index (Phi) is 5.74. The summed E-state index contributed by atoms with van der Waals surface area (Å²) in [5.41, 5.74) is 2.77. The zero-order valence-corrected chi connectivity index (χ0v) is 17.6. The standard InChI is InChI=1S/C22H27N5O3/c1-4-29-18-7-5-6-17(14-18)19-15-23-27-9-8-20(24-21(19)27)25-10-12-26(13-11-25)22(28)30-16(2)3/h5-9,14-16H,4,10-13H2,1-3H3. The van der Waals surface area contributed by atoms with Crippen LogP contribution in [-0.4, -0.2) is 64.5 Å². The first-order chi connectivity index (χ1) is 14.5. The van der Waals surface area contributed by atoms with Gasteiger partial charge in [0.05, 0.1) is 18.9 Å². The first-order valence-electron chi connectivity index (χ1n) is 10.3. The topological polar surface area (TPSA) is 72.2 Å². The molecule has 1 aliphatic heterocycles. The number of anilines is 1. The van der Waals surface area contributed by atoms with Crippen LogP contribution in [0.5, 0.6) is 5.75 Å². The van der Waals surface area contributed by atoms with Gasteiger partial charge in [-0.1, -0.05) is 12.1 Å². The van der Waals surface area contributed by atoms with Gasteiger partial charge in [-0.3, -0.25) is 0 Å². The van der Waals surface area contributed by atoms with Crippen LogP contribution in [0.1, 0.15) is 20.8 Å². The van der Waals surface area contributed by atoms with E-state index in [0.717, 1.165) is 28.3 Å². The monoisotopic (exact) mass is 409 g/mol. The third-order valence-electron chi connectivity index (χ3n) is 5.01. The lowest BCUT2D eigenvalue weighted by molar-refractivity contribution is 0.0751. The molecule has 0 spiro atoms. The van der Waals surface area contributed by atoms with Gasteiger partial charge in [-0.15, -0.1) is 0 Å². The maximum atomic E-state index is 12.1. The van der Waals surface area contributed by atoms with Crippen molar-refractivity contribution in [2.45, 2.75) is 26.9 Å². The number of aromatic nitrogens is 3. The first kappa shape index (κ1) is 20.0. The Morgan fingerprint density at radius 3 is 2.70 bits per heavy atom. The number of carbonyl (C=O) groups is 1. The molecule has 3 heterocycles. The molecular formula is C22H27N5O3. The van der Waals surface area contributed by atoms with Crippen LogP contribution in [0, 0.1) is 0 Å². The van der Waals surface area contributed by atoms with E-state index in [0.29, 0.717) is 32.8 Å². The van der Waals surface area contributed by atoms with Gasteiger partial charge >= 0.3 is 6.09 Å². The van der Waals surface area contributed by atoms with Gasteiger partial charge in [-0.05, 0) is 44.5 Å². The lowest BCUT2D eigenvalue weighted by atomic mass is 10.1. The number of rotatable bonds is 5. The van der Waals surface area contributed by atoms with Crippen molar-refractivity contribution in [3.05, 3.63) is 42.7 Å². The lowest BCUT2D eigenvalue weighted by Crippen LogP contribution is -2.49. The van der Waals surface area contributed by atoms with Gasteiger partial charge in [0, 0.05) is 37.9 Å². The van der Waals surface area contributed by atoms with Crippen LogP contribution < -0.4 is 9.64 Å². The van der Waals surface area contributed by atoms with E-state index in [9.17, 15) is 4.79 Å². The van der Waals surface area contributed by atoms with Crippen molar-refractivity contribution >= 4 is 17.6 Å². The molecule has 158 valence electrons. The fourth-order valence-electron chi connectivity index (χ4n) is 3.55. The van der Waals surface area contributed by atoms with Gasteiger partial charge in [-0.25, -0.2) is 14.3 Å². The number of hydrogen-bond donors (Lipinski definition) is 0. The summed E-state index contributed by atoms with van der Waals surface area (Å²) in [5, 5.41) is 4.45. The van der Waals surface area contributed by atoms with Crippen LogP contribution in [0.4, 0.5) is 10.6 Å². The highest BCUT2D eigenvalue weighted by Gasteiger charge is 2.24. The molecule has 1 amide bonds. The molecule has 0 bridgehead atoms. The molecule has 1 aliphatic rings. The van der Waals surface area contributed by atoms with Crippen molar-refractivity contribution in [3.63, 3.8) is 0 Å². The van der Waals surface area contributed by atoms with Crippen molar-refractivity contribution in [1.82, 2.24) is 19.5 Å². The average Bonchev–Trinajstić information content (AvgIpc) is 3.17. The molecule has 4 rings (SSSR count). The second kappa shape index (κ2) is 8.61. The van der Waals surface area contributed by atoms with Crippen molar-refractivity contribution < 1.29 is 14.3 Å². The number of benzene rings is 1. The molecule has 0 N–H and O–H groups in total. The van der Waals surface area contributed by atoms with E-state index in [1.807, 2.05) is 63.5 Å². The van der Waals surface area contributed by atoms with E-state index >= 15 is 0 Å². The summed E-state index contributed by atoms with van der Waals surface area (Å²) in [6.45, 7) is 8.96. The minimum absolute atomic E-state index is 0.110. The normalized spacial score (nSPS) is 14.4. The molecule has 3 aromatic rings. The number of nitrogens with zero attached hydrogens (tertiary/aromatic N) is 5. The largest absolute Gasteiger partial charge is 0.494 e. The second-order valence-corrected chi connectivity index (χ2v) is 7.48. The molecule has 0 unspecified atom stereocenters. The van der Waals surface area contributed by atoms with Crippen molar-refractivity contribution in [3.8, 4) is 16.9 Å². The first-order valence-corrected chi connectivity index (χ1v) is 10.3. The van der Waals surface area contributed by atoms with Crippen LogP contribution in [0.2, 0.25) is 0 Å². The van der Waals surface area contributed by atoms with E-state index in [1.54, 1.807) is 9.42 Å². The molecule has 0 aliphatic carbocycles. The van der Waals surface area contributed by atoms with Crippen LogP contribution in [-0.2, 0) is 4.74 Å². The third kappa shape index (κ3) is 4.17. The molecule has 8 nitrogen and oxygen atoms in total. The Hall–Kier alpha value is -3.29. The average molecular weight is 409 g/mol. The molecule has 1 saturated heterocycles. The molecule has 8 heteroatoms. The molecule has 0 atom stereocenters. The van der Waals surface area contributed by atoms with E-state index in [1.165, 1.54) is 0 Å². The van der Waals surface area contributed by atoms with Crippen LogP contribution in [0.25, 0.3) is 16.8 Å². The van der Waals surface area contributed by atoms with E-state index < -0.39 is 0 Å². The quantitative estimate of drug-likeness (QED) is 0.643. The zero-order chi connectivity index (χ0) is 21.1. The Bertz CT molecular complexity index is 1020. The predicted octanol–water partition coefficient (Wildman–Crippen LogP) is 3.46. The minimum Gasteiger partial charge on any atom is -0.494 e. The van der Waals surface area contributed by atoms with Crippen molar-refractivity contribution in [1.29, 1.82) is 0 Å². The number of amides is 1. The highest BCUT2D eigenvalue weighted by molar-refractivity contribution is 5.78. The smallest absolute Gasteiger partial charge is 0.410 e. The fraction of sp³-hybridized carbons (Fsp3) is 0.409. The highest BCUT2D eigenvalue weighted by atomic mass is 16.6. The number of hydrogen-bond acceptors (Lipinski definition) is 6. The number of carbonyl (C=O) groups excluding carboxylic acids is 1. The number of piperazine rings is 1. The minimum atomic E-state index is -0.250. The van der Waals surface area contributed by atoms with E-state index in [4.69, 9.17) is 14.5 Å². The Morgan fingerprint density at radius 1 is 1.17 bits per heavy atom. The van der Waals surface area contributed by atoms with Gasteiger partial charge in [-0.2, -0.15) is 5.10 Å². The second-order valence-electron chi connectivity index (χ2n) is 7.48. The van der Waals surface area contributed by atoms with Gasteiger partial charge < -0.3 is 19.3 Å². The summed E-state index contributed by atoms with van der Waals surface area (Å²) in [4.78, 5) is 20.9. The van der Waals surface area contributed by atoms with Gasteiger partial charge in [0.25, 0.3) is 0 Å². The predicted molar refractivity (Wildman–Crippen MR) is 115 cm³/mol. The van der Waals surface area contributed by atoms with Crippen LogP contribution in [0.15, 0.2) is 42.7 Å². The molecular weight excluding hydrogens is 382 g/mol. The molecule has 2 aromatic heterocycles. The fourth-order valence-corrected chi connectivity index (χ4v) is 3.55. The number of fused-ring (bicyclic) bond motifs is 1. The Balaban J connectivity index is 1.54. The van der Waals surface area contributed by atoms with E-state index in [2.05, 4.69) is 10.00 Å². The summed E-state index contributed by atoms with van der Waals surface area (Å²) in [5.74, 6) is 1.71. The summed E-state index contributed by atoms with van der Waals surface area (Å²) < 4.78 is 12.7. The van der Waals surface area contributed by atoms with Gasteiger partial charge in [0.15, 0.2) is 5.65 Å². The van der Waals surface area contributed by atoms with Crippen molar-refractivity contribution in [2.24, 2.45) is 0 Å². The summed E-state index contributed by atoms with van der Waals surface area (Å²) in [6.07, 6.45) is 3.39. The summed E-state index contributed by atoms with van der Waals surface area (Å²) in [7, 11) is 0. The van der Waals surface area contributed by atoms with Crippen LogP contribution in [0.3, 0.4) is 0 Å². The summed E-state index contributed by atoms with van der Waals surface area (Å²) >= 11 is 0. The molecule has 30 heavy (non-hydrogen) atoms. The molecule has 1 aromatic carbocycles. The molecule has 0 radical (unpaired) electrons. The van der Waals surface area contributed by atoms with Crippen LogP contribution >= 0.6 is 0 Å². The molecule has 1 fully saturated rings. The number of ether oxygens (including phenoxy) is 2. The SMILES string of the molecule is CCOc1cccc(-c2cnn3ccc(N4CCN(C(=O)OC(C)C)CC4)nc23)c1. The molecule has 0 saturated carbocycles.